The number of rotatable bonds is 4. The monoisotopic (exact) mass is 292 g/mol. The van der Waals surface area contributed by atoms with Crippen LogP contribution in [0.3, 0.4) is 0 Å². The number of likely N-dealkylation sites (tertiary alicyclic amines) is 1. The van der Waals surface area contributed by atoms with E-state index in [2.05, 4.69) is 28.8 Å². The standard InChI is InChI=1S/C15H24N4O2/c1-10(2)18-8-4-5-11(18)9-13-16-14-7-3-6-12(15(20)21)19(14)17-13/h10-12H,3-9H2,1-2H3,(H,20,21). The number of fused-ring (bicyclic) bond motifs is 1. The van der Waals surface area contributed by atoms with Gasteiger partial charge in [0.05, 0.1) is 0 Å². The Morgan fingerprint density at radius 1 is 1.38 bits per heavy atom. The summed E-state index contributed by atoms with van der Waals surface area (Å²) in [6.07, 6.45) is 5.64. The maximum atomic E-state index is 11.3. The SMILES string of the molecule is CC(C)N1CCCC1Cc1nc2n(n1)C(C(=O)O)CCC2. The van der Waals surface area contributed by atoms with Gasteiger partial charge in [-0.2, -0.15) is 5.10 Å². The molecule has 6 nitrogen and oxygen atoms in total. The van der Waals surface area contributed by atoms with Crippen molar-refractivity contribution >= 4 is 5.97 Å². The Morgan fingerprint density at radius 2 is 2.19 bits per heavy atom. The summed E-state index contributed by atoms with van der Waals surface area (Å²) >= 11 is 0. The van der Waals surface area contributed by atoms with Gasteiger partial charge in [0.2, 0.25) is 0 Å². The van der Waals surface area contributed by atoms with Crippen molar-refractivity contribution in [3.05, 3.63) is 11.6 Å². The fourth-order valence-electron chi connectivity index (χ4n) is 3.68. The molecule has 0 aliphatic carbocycles. The van der Waals surface area contributed by atoms with Crippen LogP contribution in [-0.2, 0) is 17.6 Å². The third-order valence-corrected chi connectivity index (χ3v) is 4.71. The molecule has 3 heterocycles. The Labute approximate surface area is 125 Å². The molecule has 1 saturated heterocycles. The van der Waals surface area contributed by atoms with Crippen molar-refractivity contribution in [2.24, 2.45) is 0 Å². The highest BCUT2D eigenvalue weighted by atomic mass is 16.4. The molecule has 0 bridgehead atoms. The van der Waals surface area contributed by atoms with Gasteiger partial charge in [-0.25, -0.2) is 14.5 Å². The number of carboxylic acids is 1. The average Bonchev–Trinajstić information content (AvgIpc) is 3.03. The highest BCUT2D eigenvalue weighted by Gasteiger charge is 2.31. The predicted molar refractivity (Wildman–Crippen MR) is 78.2 cm³/mol. The van der Waals surface area contributed by atoms with Gasteiger partial charge in [0.15, 0.2) is 11.9 Å². The number of carbonyl (C=O) groups is 1. The molecule has 21 heavy (non-hydrogen) atoms. The Morgan fingerprint density at radius 3 is 2.90 bits per heavy atom. The molecule has 2 atom stereocenters. The molecular weight excluding hydrogens is 268 g/mol. The zero-order valence-electron chi connectivity index (χ0n) is 12.8. The van der Waals surface area contributed by atoms with Gasteiger partial charge in [-0.1, -0.05) is 0 Å². The molecule has 0 amide bonds. The van der Waals surface area contributed by atoms with Gasteiger partial charge in [-0.05, 0) is 46.1 Å². The Kier molecular flexibility index (Phi) is 3.97. The molecule has 2 aliphatic heterocycles. The second kappa shape index (κ2) is 5.75. The fourth-order valence-corrected chi connectivity index (χ4v) is 3.68. The lowest BCUT2D eigenvalue weighted by atomic mass is 10.1. The molecule has 1 aromatic rings. The zero-order valence-corrected chi connectivity index (χ0v) is 12.8. The van der Waals surface area contributed by atoms with Crippen molar-refractivity contribution in [2.75, 3.05) is 6.54 Å². The lowest BCUT2D eigenvalue weighted by Crippen LogP contribution is -2.37. The van der Waals surface area contributed by atoms with E-state index in [4.69, 9.17) is 0 Å². The van der Waals surface area contributed by atoms with Gasteiger partial charge < -0.3 is 5.11 Å². The van der Waals surface area contributed by atoms with Crippen LogP contribution in [0.25, 0.3) is 0 Å². The van der Waals surface area contributed by atoms with Gasteiger partial charge in [0.1, 0.15) is 5.82 Å². The van der Waals surface area contributed by atoms with Crippen LogP contribution in [0.5, 0.6) is 0 Å². The van der Waals surface area contributed by atoms with E-state index >= 15 is 0 Å². The van der Waals surface area contributed by atoms with Gasteiger partial charge in [0.25, 0.3) is 0 Å². The molecule has 0 radical (unpaired) electrons. The molecule has 116 valence electrons. The smallest absolute Gasteiger partial charge is 0.328 e. The fraction of sp³-hybridized carbons (Fsp3) is 0.800. The molecule has 1 N–H and O–H groups in total. The lowest BCUT2D eigenvalue weighted by Gasteiger charge is -2.27. The van der Waals surface area contributed by atoms with Crippen molar-refractivity contribution in [2.45, 2.75) is 70.5 Å². The van der Waals surface area contributed by atoms with Crippen molar-refractivity contribution in [1.29, 1.82) is 0 Å². The summed E-state index contributed by atoms with van der Waals surface area (Å²) in [7, 11) is 0. The summed E-state index contributed by atoms with van der Waals surface area (Å²) in [5.74, 6) is 0.866. The Balaban J connectivity index is 1.77. The van der Waals surface area contributed by atoms with Crippen molar-refractivity contribution < 1.29 is 9.90 Å². The zero-order chi connectivity index (χ0) is 15.0. The Hall–Kier alpha value is -1.43. The first-order valence-corrected chi connectivity index (χ1v) is 7.99. The Bertz CT molecular complexity index is 526. The largest absolute Gasteiger partial charge is 0.480 e. The minimum Gasteiger partial charge on any atom is -0.480 e. The molecule has 0 saturated carbocycles. The summed E-state index contributed by atoms with van der Waals surface area (Å²) in [4.78, 5) is 18.4. The highest BCUT2D eigenvalue weighted by Crippen LogP contribution is 2.26. The van der Waals surface area contributed by atoms with Crippen molar-refractivity contribution in [3.63, 3.8) is 0 Å². The highest BCUT2D eigenvalue weighted by molar-refractivity contribution is 5.71. The first kappa shape index (κ1) is 14.5. The van der Waals surface area contributed by atoms with Crippen LogP contribution in [0.15, 0.2) is 0 Å². The molecule has 1 fully saturated rings. The second-order valence-corrected chi connectivity index (χ2v) is 6.47. The summed E-state index contributed by atoms with van der Waals surface area (Å²) in [5.41, 5.74) is 0. The molecule has 2 aliphatic rings. The maximum absolute atomic E-state index is 11.3. The molecule has 0 aromatic carbocycles. The van der Waals surface area contributed by atoms with Crippen LogP contribution in [0.1, 0.15) is 57.2 Å². The van der Waals surface area contributed by atoms with Crippen LogP contribution in [0.2, 0.25) is 0 Å². The van der Waals surface area contributed by atoms with E-state index in [0.29, 0.717) is 18.5 Å². The van der Waals surface area contributed by atoms with E-state index < -0.39 is 12.0 Å². The van der Waals surface area contributed by atoms with E-state index in [-0.39, 0.29) is 0 Å². The first-order valence-electron chi connectivity index (χ1n) is 7.99. The number of aliphatic carboxylic acids is 1. The van der Waals surface area contributed by atoms with E-state index in [1.54, 1.807) is 4.68 Å². The van der Waals surface area contributed by atoms with Gasteiger partial charge in [-0.15, -0.1) is 0 Å². The minimum absolute atomic E-state index is 0.498. The number of hydrogen-bond donors (Lipinski definition) is 1. The van der Waals surface area contributed by atoms with E-state index in [0.717, 1.165) is 37.5 Å². The molecule has 1 aromatic heterocycles. The van der Waals surface area contributed by atoms with E-state index in [1.165, 1.54) is 12.8 Å². The van der Waals surface area contributed by atoms with E-state index in [9.17, 15) is 9.90 Å². The van der Waals surface area contributed by atoms with Gasteiger partial charge in [-0.3, -0.25) is 4.90 Å². The molecule has 0 spiro atoms. The molecule has 6 heteroatoms. The second-order valence-electron chi connectivity index (χ2n) is 6.47. The maximum Gasteiger partial charge on any atom is 0.328 e. The predicted octanol–water partition coefficient (Wildman–Crippen LogP) is 1.66. The quantitative estimate of drug-likeness (QED) is 0.913. The van der Waals surface area contributed by atoms with Crippen LogP contribution >= 0.6 is 0 Å². The summed E-state index contributed by atoms with van der Waals surface area (Å²) in [6.45, 7) is 5.60. The lowest BCUT2D eigenvalue weighted by molar-refractivity contribution is -0.141. The van der Waals surface area contributed by atoms with Crippen LogP contribution in [0.4, 0.5) is 0 Å². The van der Waals surface area contributed by atoms with Gasteiger partial charge >= 0.3 is 5.97 Å². The number of carboxylic acid groups (broad SMARTS) is 1. The third kappa shape index (κ3) is 2.81. The van der Waals surface area contributed by atoms with Gasteiger partial charge in [0, 0.05) is 24.9 Å². The first-order chi connectivity index (χ1) is 10.1. The number of aromatic nitrogens is 3. The molecular formula is C15H24N4O2. The average molecular weight is 292 g/mol. The summed E-state index contributed by atoms with van der Waals surface area (Å²) in [6, 6.07) is 0.513. The van der Waals surface area contributed by atoms with Crippen LogP contribution in [0, 0.1) is 0 Å². The number of nitrogens with zero attached hydrogens (tertiary/aromatic N) is 4. The van der Waals surface area contributed by atoms with Crippen LogP contribution in [-0.4, -0.2) is 49.4 Å². The molecule has 3 rings (SSSR count). The summed E-state index contributed by atoms with van der Waals surface area (Å²) in [5, 5.41) is 13.8. The number of aryl methyl sites for hydroxylation is 1. The summed E-state index contributed by atoms with van der Waals surface area (Å²) < 4.78 is 1.65. The normalized spacial score (nSPS) is 26.2. The third-order valence-electron chi connectivity index (χ3n) is 4.71. The minimum atomic E-state index is -0.794. The van der Waals surface area contributed by atoms with Crippen molar-refractivity contribution in [3.8, 4) is 0 Å². The van der Waals surface area contributed by atoms with E-state index in [1.807, 2.05) is 0 Å². The topological polar surface area (TPSA) is 71.2 Å². The number of hydrogen-bond acceptors (Lipinski definition) is 4. The van der Waals surface area contributed by atoms with Crippen LogP contribution < -0.4 is 0 Å². The molecule has 2 unspecified atom stereocenters. The van der Waals surface area contributed by atoms with Crippen molar-refractivity contribution in [1.82, 2.24) is 19.7 Å².